The lowest BCUT2D eigenvalue weighted by atomic mass is 10.0. The Bertz CT molecular complexity index is 1180. The molecule has 168 valence electrons. The number of rotatable bonds is 6. The maximum atomic E-state index is 13.1. The van der Waals surface area contributed by atoms with E-state index in [4.69, 9.17) is 9.47 Å². The van der Waals surface area contributed by atoms with Crippen molar-refractivity contribution in [3.8, 4) is 22.9 Å². The summed E-state index contributed by atoms with van der Waals surface area (Å²) in [7, 11) is 3.00. The van der Waals surface area contributed by atoms with Gasteiger partial charge in [0.1, 0.15) is 6.54 Å². The van der Waals surface area contributed by atoms with E-state index in [2.05, 4.69) is 15.1 Å². The summed E-state index contributed by atoms with van der Waals surface area (Å²) in [6.45, 7) is 0.827. The Labute approximate surface area is 181 Å². The first kappa shape index (κ1) is 21.6. The number of hydrogen-bond acceptors (Lipinski definition) is 6. The number of methoxy groups -OCH3 is 2. The molecule has 0 radical (unpaired) electrons. The molecule has 0 N–H and O–H groups in total. The fourth-order valence-electron chi connectivity index (χ4n) is 3.66. The van der Waals surface area contributed by atoms with E-state index in [1.807, 2.05) is 13.0 Å². The van der Waals surface area contributed by atoms with Crippen molar-refractivity contribution < 1.29 is 27.4 Å². The number of halogens is 3. The number of carbonyl (C=O) groups is 1. The Morgan fingerprint density at radius 3 is 2.59 bits per heavy atom. The highest BCUT2D eigenvalue weighted by Crippen LogP contribution is 2.34. The van der Waals surface area contributed by atoms with Gasteiger partial charge in [-0.25, -0.2) is 4.98 Å². The zero-order chi connectivity index (χ0) is 23.0. The van der Waals surface area contributed by atoms with E-state index < -0.39 is 12.7 Å². The Hall–Kier alpha value is -3.63. The molecular formula is C21H20F3N5O3. The minimum atomic E-state index is -4.40. The number of nitrogens with zero attached hydrogens (tertiary/aromatic N) is 5. The molecule has 0 unspecified atom stereocenters. The maximum absolute atomic E-state index is 13.1. The molecule has 1 aliphatic rings. The van der Waals surface area contributed by atoms with Crippen molar-refractivity contribution in [3.63, 3.8) is 0 Å². The maximum Gasteiger partial charge on any atom is 0.408 e. The van der Waals surface area contributed by atoms with Crippen molar-refractivity contribution in [2.75, 3.05) is 19.1 Å². The lowest BCUT2D eigenvalue weighted by Gasteiger charge is -2.12. The van der Waals surface area contributed by atoms with Gasteiger partial charge in [-0.1, -0.05) is 6.92 Å². The van der Waals surface area contributed by atoms with Crippen LogP contribution in [-0.2, 0) is 19.5 Å². The molecule has 0 bridgehead atoms. The first-order chi connectivity index (χ1) is 15.2. The van der Waals surface area contributed by atoms with E-state index in [1.54, 1.807) is 12.3 Å². The third-order valence-corrected chi connectivity index (χ3v) is 5.12. The predicted molar refractivity (Wildman–Crippen MR) is 109 cm³/mol. The Morgan fingerprint density at radius 2 is 1.94 bits per heavy atom. The van der Waals surface area contributed by atoms with Crippen molar-refractivity contribution in [2.24, 2.45) is 0 Å². The summed E-state index contributed by atoms with van der Waals surface area (Å²) in [5.74, 6) is 0.471. The van der Waals surface area contributed by atoms with Gasteiger partial charge < -0.3 is 9.47 Å². The number of aromatic nitrogens is 4. The van der Waals surface area contributed by atoms with Crippen LogP contribution in [-0.4, -0.2) is 46.1 Å². The molecule has 0 aliphatic carbocycles. The fourth-order valence-corrected chi connectivity index (χ4v) is 3.66. The zero-order valence-electron chi connectivity index (χ0n) is 17.6. The average molecular weight is 447 g/mol. The molecule has 1 aliphatic heterocycles. The monoisotopic (exact) mass is 447 g/mol. The highest BCUT2D eigenvalue weighted by atomic mass is 19.4. The van der Waals surface area contributed by atoms with Gasteiger partial charge in [-0.05, 0) is 24.1 Å². The van der Waals surface area contributed by atoms with Gasteiger partial charge in [0.15, 0.2) is 5.75 Å². The van der Waals surface area contributed by atoms with Crippen LogP contribution in [0, 0.1) is 0 Å². The van der Waals surface area contributed by atoms with Crippen LogP contribution in [0.15, 0.2) is 30.7 Å². The standard InChI is InChI=1S/C21H20F3N5O3/c1-4-12-5-15(13-6-17(31-2)19(32-3)25-7-13)27-16-10-29(20(30)18(12)16)14-8-26-28(9-14)11-21(22,23)24/h5-9H,4,10-11H2,1-3H3. The van der Waals surface area contributed by atoms with Gasteiger partial charge in [-0.3, -0.25) is 19.4 Å². The number of fused-ring (bicyclic) bond motifs is 1. The highest BCUT2D eigenvalue weighted by molar-refractivity contribution is 6.10. The molecule has 3 aromatic rings. The van der Waals surface area contributed by atoms with Gasteiger partial charge in [0.25, 0.3) is 11.8 Å². The number of ether oxygens (including phenoxy) is 2. The third-order valence-electron chi connectivity index (χ3n) is 5.12. The smallest absolute Gasteiger partial charge is 0.408 e. The number of carbonyl (C=O) groups excluding carboxylic acids is 1. The molecule has 4 rings (SSSR count). The van der Waals surface area contributed by atoms with Crippen LogP contribution in [0.25, 0.3) is 11.3 Å². The van der Waals surface area contributed by atoms with E-state index in [0.717, 1.165) is 10.2 Å². The van der Waals surface area contributed by atoms with E-state index in [-0.39, 0.29) is 18.1 Å². The van der Waals surface area contributed by atoms with Gasteiger partial charge in [0.2, 0.25) is 0 Å². The summed E-state index contributed by atoms with van der Waals surface area (Å²) >= 11 is 0. The van der Waals surface area contributed by atoms with Gasteiger partial charge >= 0.3 is 6.18 Å². The van der Waals surface area contributed by atoms with Gasteiger partial charge in [0.05, 0.1) is 49.6 Å². The molecule has 3 aromatic heterocycles. The molecule has 4 heterocycles. The number of hydrogen-bond donors (Lipinski definition) is 0. The first-order valence-electron chi connectivity index (χ1n) is 9.76. The molecule has 11 heteroatoms. The second kappa shape index (κ2) is 8.13. The summed E-state index contributed by atoms with van der Waals surface area (Å²) < 4.78 is 49.2. The van der Waals surface area contributed by atoms with E-state index >= 15 is 0 Å². The van der Waals surface area contributed by atoms with Crippen molar-refractivity contribution in [1.82, 2.24) is 19.7 Å². The Morgan fingerprint density at radius 1 is 1.16 bits per heavy atom. The molecule has 1 amide bonds. The minimum Gasteiger partial charge on any atom is -0.491 e. The van der Waals surface area contributed by atoms with Crippen LogP contribution >= 0.6 is 0 Å². The number of amides is 1. The molecule has 32 heavy (non-hydrogen) atoms. The first-order valence-corrected chi connectivity index (χ1v) is 9.76. The summed E-state index contributed by atoms with van der Waals surface area (Å²) in [4.78, 5) is 23.3. The molecule has 0 saturated heterocycles. The summed E-state index contributed by atoms with van der Waals surface area (Å²) in [6, 6.07) is 3.56. The lowest BCUT2D eigenvalue weighted by molar-refractivity contribution is -0.142. The molecule has 0 aromatic carbocycles. The van der Waals surface area contributed by atoms with Crippen LogP contribution in [0.5, 0.6) is 11.6 Å². The topological polar surface area (TPSA) is 82.4 Å². The average Bonchev–Trinajstić information content (AvgIpc) is 3.35. The van der Waals surface area contributed by atoms with Gasteiger partial charge in [0, 0.05) is 18.0 Å². The summed E-state index contributed by atoms with van der Waals surface area (Å²) in [5.41, 5.74) is 3.38. The van der Waals surface area contributed by atoms with Crippen LogP contribution in [0.4, 0.5) is 18.9 Å². The second-order valence-corrected chi connectivity index (χ2v) is 7.18. The van der Waals surface area contributed by atoms with Crippen molar-refractivity contribution in [2.45, 2.75) is 32.6 Å². The molecule has 0 fully saturated rings. The summed E-state index contributed by atoms with van der Waals surface area (Å²) in [6.07, 6.45) is 0.236. The zero-order valence-corrected chi connectivity index (χ0v) is 17.6. The van der Waals surface area contributed by atoms with Crippen LogP contribution in [0.1, 0.15) is 28.5 Å². The van der Waals surface area contributed by atoms with Crippen molar-refractivity contribution in [3.05, 3.63) is 47.5 Å². The number of aryl methyl sites for hydroxylation is 1. The van der Waals surface area contributed by atoms with Crippen molar-refractivity contribution >= 4 is 11.6 Å². The van der Waals surface area contributed by atoms with Crippen LogP contribution in [0.2, 0.25) is 0 Å². The van der Waals surface area contributed by atoms with Crippen LogP contribution < -0.4 is 14.4 Å². The normalized spacial score (nSPS) is 13.4. The molecular weight excluding hydrogens is 427 g/mol. The van der Waals surface area contributed by atoms with E-state index in [0.29, 0.717) is 40.6 Å². The number of anilines is 1. The van der Waals surface area contributed by atoms with E-state index in [9.17, 15) is 18.0 Å². The fraction of sp³-hybridized carbons (Fsp3) is 0.333. The second-order valence-electron chi connectivity index (χ2n) is 7.18. The minimum absolute atomic E-state index is 0.132. The molecule has 8 nitrogen and oxygen atoms in total. The predicted octanol–water partition coefficient (Wildman–Crippen LogP) is 3.64. The Kier molecular flexibility index (Phi) is 5.49. The van der Waals surface area contributed by atoms with Gasteiger partial charge in [-0.2, -0.15) is 18.3 Å². The molecule has 0 atom stereocenters. The molecule has 0 spiro atoms. The largest absolute Gasteiger partial charge is 0.491 e. The third kappa shape index (κ3) is 3.97. The number of alkyl halides is 3. The number of pyridine rings is 2. The lowest BCUT2D eigenvalue weighted by Crippen LogP contribution is -2.23. The van der Waals surface area contributed by atoms with E-state index in [1.165, 1.54) is 31.5 Å². The SMILES string of the molecule is CCc1cc(-c2cnc(OC)c(OC)c2)nc2c1C(=O)N(c1cnn(CC(F)(F)F)c1)C2. The van der Waals surface area contributed by atoms with Gasteiger partial charge in [-0.15, -0.1) is 0 Å². The molecule has 0 saturated carbocycles. The van der Waals surface area contributed by atoms with Crippen LogP contribution in [0.3, 0.4) is 0 Å². The Balaban J connectivity index is 1.69. The van der Waals surface area contributed by atoms with Crippen molar-refractivity contribution in [1.29, 1.82) is 0 Å². The quantitative estimate of drug-likeness (QED) is 0.574. The summed E-state index contributed by atoms with van der Waals surface area (Å²) in [5, 5.41) is 3.73. The highest BCUT2D eigenvalue weighted by Gasteiger charge is 2.34.